The quantitative estimate of drug-likeness (QED) is 0.126. The molecule has 0 bridgehead atoms. The van der Waals surface area contributed by atoms with Crippen LogP contribution in [-0.4, -0.2) is 15.0 Å². The van der Waals surface area contributed by atoms with Crippen molar-refractivity contribution in [1.29, 1.82) is 0 Å². The van der Waals surface area contributed by atoms with E-state index >= 15 is 0 Å². The molecule has 0 saturated heterocycles. The molecule has 0 atom stereocenters. The summed E-state index contributed by atoms with van der Waals surface area (Å²) in [6, 6.07) is 25.7. The molecule has 0 aliphatic carbocycles. The van der Waals surface area contributed by atoms with Crippen molar-refractivity contribution in [2.45, 2.75) is 59.7 Å². The molecule has 0 saturated carbocycles. The second kappa shape index (κ2) is 15.8. The lowest BCUT2D eigenvalue weighted by atomic mass is 9.83. The first kappa shape index (κ1) is 33.6. The van der Waals surface area contributed by atoms with Gasteiger partial charge in [0.1, 0.15) is 0 Å². The van der Waals surface area contributed by atoms with Crippen LogP contribution < -0.4 is 13.7 Å². The van der Waals surface area contributed by atoms with Crippen molar-refractivity contribution in [1.82, 2.24) is 15.0 Å². The minimum atomic E-state index is 0.824. The van der Waals surface area contributed by atoms with Crippen molar-refractivity contribution in [3.05, 3.63) is 181 Å². The molecule has 6 aromatic heterocycles. The van der Waals surface area contributed by atoms with Gasteiger partial charge in [-0.25, -0.2) is 13.7 Å². The minimum absolute atomic E-state index is 0.824. The highest BCUT2D eigenvalue weighted by atomic mass is 14.9. The van der Waals surface area contributed by atoms with Crippen LogP contribution in [0.15, 0.2) is 147 Å². The third-order valence-electron chi connectivity index (χ3n) is 9.98. The first-order valence-corrected chi connectivity index (χ1v) is 18.0. The molecular weight excluding hydrogens is 625 g/mol. The number of nitrogens with zero attached hydrogens (tertiary/aromatic N) is 6. The van der Waals surface area contributed by atoms with Crippen LogP contribution in [0.1, 0.15) is 54.2 Å². The van der Waals surface area contributed by atoms with Gasteiger partial charge in [0.15, 0.2) is 56.8 Å². The molecule has 0 spiro atoms. The molecule has 0 unspecified atom stereocenters. The number of hydrogen-bond donors (Lipinski definition) is 0. The lowest BCUT2D eigenvalue weighted by Gasteiger charge is -2.23. The lowest BCUT2D eigenvalue weighted by Crippen LogP contribution is -2.39. The maximum atomic E-state index is 4.20. The Kier molecular flexibility index (Phi) is 10.4. The zero-order valence-electron chi connectivity index (χ0n) is 29.8. The smallest absolute Gasteiger partial charge is 0.174 e. The van der Waals surface area contributed by atoms with Gasteiger partial charge in [0, 0.05) is 90.3 Å². The normalized spacial score (nSPS) is 11.1. The second-order valence-electron chi connectivity index (χ2n) is 12.9. The number of hydrogen-bond acceptors (Lipinski definition) is 3. The van der Waals surface area contributed by atoms with Gasteiger partial charge in [-0.05, 0) is 106 Å². The molecule has 252 valence electrons. The van der Waals surface area contributed by atoms with Gasteiger partial charge in [-0.15, -0.1) is 0 Å². The predicted octanol–water partition coefficient (Wildman–Crippen LogP) is 7.57. The Hall–Kier alpha value is -5.88. The zero-order chi connectivity index (χ0) is 35.0. The molecule has 6 nitrogen and oxygen atoms in total. The first-order valence-electron chi connectivity index (χ1n) is 18.0. The maximum Gasteiger partial charge on any atom is 0.174 e. The third kappa shape index (κ3) is 7.51. The molecule has 1 aromatic carbocycles. The van der Waals surface area contributed by atoms with E-state index in [9.17, 15) is 0 Å². The molecule has 0 aliphatic heterocycles. The van der Waals surface area contributed by atoms with Crippen molar-refractivity contribution >= 4 is 0 Å². The van der Waals surface area contributed by atoms with E-state index in [1.807, 2.05) is 37.2 Å². The highest BCUT2D eigenvalue weighted by molar-refractivity contribution is 5.63. The number of pyridine rings is 6. The van der Waals surface area contributed by atoms with Crippen molar-refractivity contribution < 1.29 is 13.7 Å². The second-order valence-corrected chi connectivity index (χ2v) is 12.9. The Bertz CT molecular complexity index is 1910. The maximum absolute atomic E-state index is 4.20. The van der Waals surface area contributed by atoms with Crippen molar-refractivity contribution in [2.24, 2.45) is 0 Å². The van der Waals surface area contributed by atoms with E-state index < -0.39 is 0 Å². The van der Waals surface area contributed by atoms with Crippen molar-refractivity contribution in [3.63, 3.8) is 0 Å². The summed E-state index contributed by atoms with van der Waals surface area (Å²) < 4.78 is 7.01. The van der Waals surface area contributed by atoms with E-state index in [4.69, 9.17) is 0 Å². The van der Waals surface area contributed by atoms with Gasteiger partial charge in [-0.2, -0.15) is 0 Å². The Morgan fingerprint density at radius 3 is 0.745 bits per heavy atom. The summed E-state index contributed by atoms with van der Waals surface area (Å²) >= 11 is 0. The summed E-state index contributed by atoms with van der Waals surface area (Å²) in [7, 11) is 0. The van der Waals surface area contributed by atoms with Crippen LogP contribution >= 0.6 is 0 Å². The van der Waals surface area contributed by atoms with Crippen LogP contribution in [0, 0.1) is 0 Å². The van der Waals surface area contributed by atoms with Gasteiger partial charge in [-0.3, -0.25) is 15.0 Å². The van der Waals surface area contributed by atoms with Crippen LogP contribution in [0.3, 0.4) is 0 Å². The van der Waals surface area contributed by atoms with Crippen molar-refractivity contribution in [3.8, 4) is 33.4 Å². The molecule has 6 heteroatoms. The molecule has 0 N–H and O–H groups in total. The fraction of sp³-hybridized carbons (Fsp3) is 0.200. The summed E-state index contributed by atoms with van der Waals surface area (Å²) in [5.41, 5.74) is 15.9. The van der Waals surface area contributed by atoms with Gasteiger partial charge < -0.3 is 0 Å². The van der Waals surface area contributed by atoms with E-state index in [2.05, 4.69) is 159 Å². The van der Waals surface area contributed by atoms with E-state index in [1.165, 1.54) is 66.8 Å². The number of aromatic nitrogens is 6. The average molecular weight is 670 g/mol. The molecular formula is C45H45N6+3. The average Bonchev–Trinajstić information content (AvgIpc) is 3.20. The Morgan fingerprint density at radius 1 is 0.314 bits per heavy atom. The lowest BCUT2D eigenvalue weighted by molar-refractivity contribution is -0.690. The van der Waals surface area contributed by atoms with Crippen molar-refractivity contribution in [2.75, 3.05) is 0 Å². The number of rotatable bonds is 12. The molecule has 0 radical (unpaired) electrons. The third-order valence-corrected chi connectivity index (χ3v) is 9.98. The van der Waals surface area contributed by atoms with Gasteiger partial charge in [-0.1, -0.05) is 20.8 Å². The van der Waals surface area contributed by atoms with Crippen LogP contribution in [0.2, 0.25) is 0 Å². The molecule has 0 amide bonds. The fourth-order valence-electron chi connectivity index (χ4n) is 7.39. The predicted molar refractivity (Wildman–Crippen MR) is 201 cm³/mol. The molecule has 7 aromatic rings. The van der Waals surface area contributed by atoms with Gasteiger partial charge >= 0.3 is 0 Å². The highest BCUT2D eigenvalue weighted by Crippen LogP contribution is 2.31. The Balaban J connectivity index is 1.30. The topological polar surface area (TPSA) is 50.3 Å². The molecule has 7 rings (SSSR count). The summed E-state index contributed by atoms with van der Waals surface area (Å²) in [6.45, 7) is 9.43. The van der Waals surface area contributed by atoms with Crippen LogP contribution in [-0.2, 0) is 38.9 Å². The van der Waals surface area contributed by atoms with Gasteiger partial charge in [0.05, 0.1) is 0 Å². The van der Waals surface area contributed by atoms with Crippen LogP contribution in [0.4, 0.5) is 0 Å². The van der Waals surface area contributed by atoms with Crippen LogP contribution in [0.5, 0.6) is 0 Å². The molecule has 0 aliphatic rings. The Morgan fingerprint density at radius 2 is 0.529 bits per heavy atom. The van der Waals surface area contributed by atoms with Crippen LogP contribution in [0.25, 0.3) is 33.4 Å². The van der Waals surface area contributed by atoms with Gasteiger partial charge in [0.25, 0.3) is 0 Å². The zero-order valence-corrected chi connectivity index (χ0v) is 29.8. The first-order chi connectivity index (χ1) is 25.1. The van der Waals surface area contributed by atoms with E-state index in [1.54, 1.807) is 0 Å². The molecule has 51 heavy (non-hydrogen) atoms. The molecule has 6 heterocycles. The summed E-state index contributed by atoms with van der Waals surface area (Å²) in [5.74, 6) is 0. The largest absolute Gasteiger partial charge is 0.265 e. The van der Waals surface area contributed by atoms with Gasteiger partial charge in [0.2, 0.25) is 0 Å². The minimum Gasteiger partial charge on any atom is -0.265 e. The van der Waals surface area contributed by atoms with E-state index in [-0.39, 0.29) is 0 Å². The fourth-order valence-corrected chi connectivity index (χ4v) is 7.39. The van der Waals surface area contributed by atoms with E-state index in [0.717, 1.165) is 38.9 Å². The standard InChI is InChI=1S/C45H45N6/c1-4-40-43(31-49-25-13-37(14-26-49)34-7-19-46-20-8-34)41(5-2)45(33-51-29-17-39(18-30-51)36-11-23-48-24-12-36)42(6-3)44(40)32-50-27-15-38(16-28-50)35-9-21-47-22-10-35/h7-30H,4-6,31-33H2,1-3H3/q+3. The molecule has 0 fully saturated rings. The summed E-state index contributed by atoms with van der Waals surface area (Å²) in [6.07, 6.45) is 27.4. The summed E-state index contributed by atoms with van der Waals surface area (Å²) in [5, 5.41) is 0. The monoisotopic (exact) mass is 669 g/mol. The SMILES string of the molecule is CCc1c(C[n+]2ccc(-c3ccncc3)cc2)c(CC)c(C[n+]2ccc(-c3ccncc3)cc2)c(CC)c1C[n+]1ccc(-c2ccncc2)cc1. The highest BCUT2D eigenvalue weighted by Gasteiger charge is 2.27. The van der Waals surface area contributed by atoms with E-state index in [0.29, 0.717) is 0 Å². The Labute approximate surface area is 301 Å². The summed E-state index contributed by atoms with van der Waals surface area (Å²) in [4.78, 5) is 12.6. The number of benzene rings is 1.